The molecular formula is C14H27N3O2. The average Bonchev–Trinajstić information content (AvgIpc) is 2.86. The molecule has 1 heterocycles. The number of hydrogen-bond acceptors (Lipinski definition) is 4. The Morgan fingerprint density at radius 1 is 1.63 bits per heavy atom. The highest BCUT2D eigenvalue weighted by Crippen LogP contribution is 2.22. The zero-order valence-corrected chi connectivity index (χ0v) is 12.2. The lowest BCUT2D eigenvalue weighted by atomic mass is 10.0. The molecule has 1 aliphatic heterocycles. The first-order valence-electron chi connectivity index (χ1n) is 6.93. The predicted octanol–water partition coefficient (Wildman–Crippen LogP) is 0.254. The molecule has 3 atom stereocenters. The van der Waals surface area contributed by atoms with Crippen LogP contribution < -0.4 is 5.73 Å². The van der Waals surface area contributed by atoms with E-state index in [0.717, 1.165) is 13.0 Å². The van der Waals surface area contributed by atoms with Crippen molar-refractivity contribution in [2.45, 2.75) is 32.5 Å². The zero-order valence-electron chi connectivity index (χ0n) is 12.2. The van der Waals surface area contributed by atoms with E-state index in [4.69, 9.17) is 5.73 Å². The minimum Gasteiger partial charge on any atom is -0.375 e. The van der Waals surface area contributed by atoms with Crippen molar-refractivity contribution in [2.24, 2.45) is 17.6 Å². The third-order valence-corrected chi connectivity index (χ3v) is 4.01. The lowest BCUT2D eigenvalue weighted by Gasteiger charge is -2.32. The molecule has 0 spiro atoms. The van der Waals surface area contributed by atoms with Gasteiger partial charge in [0, 0.05) is 32.7 Å². The first-order chi connectivity index (χ1) is 8.92. The molecule has 1 amide bonds. The molecule has 110 valence electrons. The summed E-state index contributed by atoms with van der Waals surface area (Å²) in [5, 5.41) is 9.70. The van der Waals surface area contributed by atoms with Crippen molar-refractivity contribution in [1.29, 1.82) is 0 Å². The van der Waals surface area contributed by atoms with Crippen molar-refractivity contribution in [2.75, 3.05) is 26.7 Å². The Balaban J connectivity index is 2.61. The van der Waals surface area contributed by atoms with E-state index >= 15 is 0 Å². The van der Waals surface area contributed by atoms with Gasteiger partial charge in [0.2, 0.25) is 5.91 Å². The van der Waals surface area contributed by atoms with Crippen LogP contribution in [0.5, 0.6) is 0 Å². The fraction of sp³-hybridized carbons (Fsp3) is 0.786. The van der Waals surface area contributed by atoms with Crippen LogP contribution in [-0.2, 0) is 4.79 Å². The highest BCUT2D eigenvalue weighted by molar-refractivity contribution is 5.79. The summed E-state index contributed by atoms with van der Waals surface area (Å²) in [6.07, 6.45) is 1.62. The minimum atomic E-state index is -0.654. The molecule has 0 saturated carbocycles. The fourth-order valence-electron chi connectivity index (χ4n) is 2.71. The van der Waals surface area contributed by atoms with Gasteiger partial charge in [-0.25, -0.2) is 0 Å². The summed E-state index contributed by atoms with van der Waals surface area (Å²) in [5.74, 6) is 0.422. The monoisotopic (exact) mass is 269 g/mol. The molecule has 19 heavy (non-hydrogen) atoms. The molecule has 0 aliphatic carbocycles. The Morgan fingerprint density at radius 3 is 2.74 bits per heavy atom. The molecule has 1 rings (SSSR count). The summed E-state index contributed by atoms with van der Waals surface area (Å²) in [6, 6.07) is 0.0749. The van der Waals surface area contributed by atoms with Gasteiger partial charge in [0.1, 0.15) is 6.23 Å². The van der Waals surface area contributed by atoms with Crippen LogP contribution in [0.25, 0.3) is 0 Å². The number of hydrogen-bond donors (Lipinski definition) is 2. The number of carbonyl (C=O) groups excluding carboxylic acids is 1. The Hall–Kier alpha value is -0.910. The number of carbonyl (C=O) groups is 1. The van der Waals surface area contributed by atoms with Crippen LogP contribution in [0.4, 0.5) is 0 Å². The standard InChI is InChI=1S/C14H27N3O2/c1-5-13(18)17-7-6-11(9-17)14(19)16(4)12(8-15)10(2)3/h5,10-13,18H,1,6-9,15H2,2-4H3/t11-,12+,13?/m0/s1. The fourth-order valence-corrected chi connectivity index (χ4v) is 2.71. The van der Waals surface area contributed by atoms with E-state index in [-0.39, 0.29) is 17.9 Å². The van der Waals surface area contributed by atoms with Crippen molar-refractivity contribution in [3.63, 3.8) is 0 Å². The van der Waals surface area contributed by atoms with Crippen LogP contribution in [0.2, 0.25) is 0 Å². The minimum absolute atomic E-state index is 0.0487. The number of likely N-dealkylation sites (tertiary alicyclic amines) is 1. The van der Waals surface area contributed by atoms with Gasteiger partial charge in [0.05, 0.1) is 5.92 Å². The van der Waals surface area contributed by atoms with Crippen molar-refractivity contribution < 1.29 is 9.90 Å². The van der Waals surface area contributed by atoms with Gasteiger partial charge < -0.3 is 15.7 Å². The lowest BCUT2D eigenvalue weighted by Crippen LogP contribution is -2.47. The van der Waals surface area contributed by atoms with Gasteiger partial charge in [-0.2, -0.15) is 0 Å². The quantitative estimate of drug-likeness (QED) is 0.678. The Labute approximate surface area is 116 Å². The van der Waals surface area contributed by atoms with Gasteiger partial charge in [-0.05, 0) is 18.4 Å². The maximum absolute atomic E-state index is 12.4. The average molecular weight is 269 g/mol. The summed E-state index contributed by atoms with van der Waals surface area (Å²) in [5.41, 5.74) is 5.75. The van der Waals surface area contributed by atoms with E-state index in [0.29, 0.717) is 19.0 Å². The summed E-state index contributed by atoms with van der Waals surface area (Å²) in [7, 11) is 1.83. The SMILES string of the molecule is C=CC(O)N1CC[C@H](C(=O)N(C)[C@H](CN)C(C)C)C1. The molecule has 1 aliphatic rings. The van der Waals surface area contributed by atoms with Crippen LogP contribution >= 0.6 is 0 Å². The molecule has 0 bridgehead atoms. The van der Waals surface area contributed by atoms with Gasteiger partial charge in [0.25, 0.3) is 0 Å². The second-order valence-corrected chi connectivity index (χ2v) is 5.63. The number of aliphatic hydroxyl groups excluding tert-OH is 1. The maximum atomic E-state index is 12.4. The summed E-state index contributed by atoms with van der Waals surface area (Å²) in [6.45, 7) is 9.51. The maximum Gasteiger partial charge on any atom is 0.227 e. The number of nitrogens with zero attached hydrogens (tertiary/aromatic N) is 2. The van der Waals surface area contributed by atoms with Crippen LogP contribution in [-0.4, -0.2) is 59.8 Å². The molecule has 1 fully saturated rings. The molecule has 1 saturated heterocycles. The van der Waals surface area contributed by atoms with Crippen molar-refractivity contribution in [3.8, 4) is 0 Å². The molecule has 3 N–H and O–H groups in total. The van der Waals surface area contributed by atoms with Gasteiger partial charge >= 0.3 is 0 Å². The first kappa shape index (κ1) is 16.1. The Bertz CT molecular complexity index is 320. The van der Waals surface area contributed by atoms with Crippen molar-refractivity contribution in [1.82, 2.24) is 9.80 Å². The Kier molecular flexibility index (Phi) is 5.97. The van der Waals surface area contributed by atoms with Crippen LogP contribution in [0.3, 0.4) is 0 Å². The summed E-state index contributed by atoms with van der Waals surface area (Å²) >= 11 is 0. The molecule has 0 aromatic heterocycles. The van der Waals surface area contributed by atoms with Crippen LogP contribution in [0.1, 0.15) is 20.3 Å². The van der Waals surface area contributed by atoms with Gasteiger partial charge in [-0.1, -0.05) is 20.4 Å². The van der Waals surface area contributed by atoms with E-state index in [1.54, 1.807) is 4.90 Å². The van der Waals surface area contributed by atoms with Crippen molar-refractivity contribution >= 4 is 5.91 Å². The van der Waals surface area contributed by atoms with E-state index in [1.165, 1.54) is 6.08 Å². The van der Waals surface area contributed by atoms with E-state index in [9.17, 15) is 9.90 Å². The Morgan fingerprint density at radius 2 is 2.26 bits per heavy atom. The van der Waals surface area contributed by atoms with E-state index in [2.05, 4.69) is 20.4 Å². The largest absolute Gasteiger partial charge is 0.375 e. The molecule has 0 aromatic carbocycles. The number of likely N-dealkylation sites (N-methyl/N-ethyl adjacent to an activating group) is 1. The smallest absolute Gasteiger partial charge is 0.227 e. The number of aliphatic hydroxyl groups is 1. The van der Waals surface area contributed by atoms with E-state index < -0.39 is 6.23 Å². The number of rotatable bonds is 6. The molecule has 5 heteroatoms. The second kappa shape index (κ2) is 7.03. The number of nitrogens with two attached hydrogens (primary N) is 1. The second-order valence-electron chi connectivity index (χ2n) is 5.63. The third-order valence-electron chi connectivity index (χ3n) is 4.01. The number of amides is 1. The molecule has 0 radical (unpaired) electrons. The van der Waals surface area contributed by atoms with Gasteiger partial charge in [-0.15, -0.1) is 0 Å². The predicted molar refractivity (Wildman–Crippen MR) is 76.3 cm³/mol. The molecule has 5 nitrogen and oxygen atoms in total. The highest BCUT2D eigenvalue weighted by Gasteiger charge is 2.34. The zero-order chi connectivity index (χ0) is 14.6. The highest BCUT2D eigenvalue weighted by atomic mass is 16.3. The third kappa shape index (κ3) is 3.78. The summed E-state index contributed by atoms with van der Waals surface area (Å²) in [4.78, 5) is 16.1. The van der Waals surface area contributed by atoms with Crippen molar-refractivity contribution in [3.05, 3.63) is 12.7 Å². The molecule has 0 aromatic rings. The van der Waals surface area contributed by atoms with Crippen LogP contribution in [0.15, 0.2) is 12.7 Å². The topological polar surface area (TPSA) is 69.8 Å². The van der Waals surface area contributed by atoms with Crippen LogP contribution in [0, 0.1) is 11.8 Å². The van der Waals surface area contributed by atoms with E-state index in [1.807, 2.05) is 11.9 Å². The summed E-state index contributed by atoms with van der Waals surface area (Å²) < 4.78 is 0. The normalized spacial score (nSPS) is 23.4. The lowest BCUT2D eigenvalue weighted by molar-refractivity contribution is -0.136. The first-order valence-corrected chi connectivity index (χ1v) is 6.93. The van der Waals surface area contributed by atoms with Gasteiger partial charge in [0.15, 0.2) is 0 Å². The molecule has 1 unspecified atom stereocenters. The molecular weight excluding hydrogens is 242 g/mol. The van der Waals surface area contributed by atoms with Gasteiger partial charge in [-0.3, -0.25) is 9.69 Å².